The number of carbonyl (C=O) groups excluding carboxylic acids is 1. The fraction of sp³-hybridized carbons (Fsp3) is 0.429. The van der Waals surface area contributed by atoms with E-state index in [1.807, 2.05) is 30.5 Å². The number of amides is 1. The summed E-state index contributed by atoms with van der Waals surface area (Å²) in [6.07, 6.45) is 4.16. The molecule has 4 heteroatoms. The monoisotopic (exact) mass is 337 g/mol. The van der Waals surface area contributed by atoms with E-state index in [-0.39, 0.29) is 11.9 Å². The zero-order chi connectivity index (χ0) is 17.5. The van der Waals surface area contributed by atoms with E-state index in [1.165, 1.54) is 5.56 Å². The number of rotatable bonds is 6. The molecule has 132 valence electrons. The number of pyridine rings is 1. The van der Waals surface area contributed by atoms with Gasteiger partial charge in [-0.05, 0) is 37.5 Å². The number of aromatic nitrogens is 1. The largest absolute Gasteiger partial charge is 0.337 e. The summed E-state index contributed by atoms with van der Waals surface area (Å²) in [4.78, 5) is 21.4. The number of hydrogen-bond acceptors (Lipinski definition) is 3. The van der Waals surface area contributed by atoms with Gasteiger partial charge < -0.3 is 4.90 Å². The normalized spacial score (nSPS) is 18.3. The van der Waals surface area contributed by atoms with Crippen LogP contribution in [0, 0.1) is 0 Å². The average Bonchev–Trinajstić information content (AvgIpc) is 2.63. The number of aryl methyl sites for hydroxylation is 1. The van der Waals surface area contributed by atoms with Crippen molar-refractivity contribution in [3.63, 3.8) is 0 Å². The van der Waals surface area contributed by atoms with Crippen LogP contribution in [0.2, 0.25) is 0 Å². The van der Waals surface area contributed by atoms with Crippen LogP contribution in [0.15, 0.2) is 54.7 Å². The summed E-state index contributed by atoms with van der Waals surface area (Å²) in [6, 6.07) is 16.8. The molecule has 3 rings (SSSR count). The van der Waals surface area contributed by atoms with Crippen LogP contribution in [0.5, 0.6) is 0 Å². The van der Waals surface area contributed by atoms with Crippen LogP contribution in [-0.2, 0) is 17.8 Å². The zero-order valence-electron chi connectivity index (χ0n) is 15.0. The maximum Gasteiger partial charge on any atom is 0.222 e. The second kappa shape index (κ2) is 8.77. The van der Waals surface area contributed by atoms with Gasteiger partial charge in [0.15, 0.2) is 0 Å². The Hall–Kier alpha value is -2.20. The Morgan fingerprint density at radius 3 is 2.64 bits per heavy atom. The molecule has 0 radical (unpaired) electrons. The molecule has 1 aromatic carbocycles. The van der Waals surface area contributed by atoms with Crippen LogP contribution in [-0.4, -0.2) is 46.4 Å². The minimum atomic E-state index is 0.278. The van der Waals surface area contributed by atoms with Gasteiger partial charge in [-0.15, -0.1) is 0 Å². The van der Waals surface area contributed by atoms with Crippen LogP contribution < -0.4 is 0 Å². The Labute approximate surface area is 150 Å². The molecular formula is C21H27N3O. The molecule has 2 aromatic rings. The first-order valence-corrected chi connectivity index (χ1v) is 9.18. The smallest absolute Gasteiger partial charge is 0.222 e. The van der Waals surface area contributed by atoms with Crippen molar-refractivity contribution in [1.29, 1.82) is 0 Å². The highest BCUT2D eigenvalue weighted by molar-refractivity contribution is 5.76. The number of nitrogens with zero attached hydrogens (tertiary/aromatic N) is 3. The van der Waals surface area contributed by atoms with Gasteiger partial charge in [-0.3, -0.25) is 14.7 Å². The molecule has 0 saturated carbocycles. The summed E-state index contributed by atoms with van der Waals surface area (Å²) in [5.41, 5.74) is 2.40. The Balaban J connectivity index is 1.43. The van der Waals surface area contributed by atoms with Crippen molar-refractivity contribution in [2.75, 3.05) is 19.6 Å². The summed E-state index contributed by atoms with van der Waals surface area (Å²) in [5, 5.41) is 0. The Morgan fingerprint density at radius 2 is 1.92 bits per heavy atom. The first-order chi connectivity index (χ1) is 12.2. The van der Waals surface area contributed by atoms with E-state index in [0.29, 0.717) is 6.42 Å². The molecule has 1 fully saturated rings. The number of benzene rings is 1. The van der Waals surface area contributed by atoms with Crippen LogP contribution in [0.25, 0.3) is 0 Å². The highest BCUT2D eigenvalue weighted by Gasteiger charge is 2.26. The van der Waals surface area contributed by atoms with Gasteiger partial charge >= 0.3 is 0 Å². The lowest BCUT2D eigenvalue weighted by atomic mass is 10.1. The predicted molar refractivity (Wildman–Crippen MR) is 100 cm³/mol. The van der Waals surface area contributed by atoms with E-state index in [2.05, 4.69) is 46.0 Å². The molecule has 0 aliphatic carbocycles. The molecule has 1 amide bonds. The van der Waals surface area contributed by atoms with E-state index >= 15 is 0 Å². The van der Waals surface area contributed by atoms with Crippen molar-refractivity contribution < 1.29 is 4.79 Å². The van der Waals surface area contributed by atoms with Gasteiger partial charge in [-0.2, -0.15) is 0 Å². The summed E-state index contributed by atoms with van der Waals surface area (Å²) < 4.78 is 0. The van der Waals surface area contributed by atoms with Gasteiger partial charge in [0.25, 0.3) is 0 Å². The number of piperazine rings is 1. The van der Waals surface area contributed by atoms with Crippen LogP contribution in [0.1, 0.15) is 31.0 Å². The quantitative estimate of drug-likeness (QED) is 0.812. The molecule has 1 aliphatic heterocycles. The maximum absolute atomic E-state index is 12.6. The van der Waals surface area contributed by atoms with E-state index in [9.17, 15) is 4.79 Å². The van der Waals surface area contributed by atoms with Crippen molar-refractivity contribution in [1.82, 2.24) is 14.8 Å². The van der Waals surface area contributed by atoms with Gasteiger partial charge in [-0.1, -0.05) is 36.4 Å². The first kappa shape index (κ1) is 17.6. The molecule has 0 N–H and O–H groups in total. The number of carbonyl (C=O) groups is 1. The van der Waals surface area contributed by atoms with Gasteiger partial charge in [0, 0.05) is 50.5 Å². The molecule has 1 aliphatic rings. The molecule has 1 atom stereocenters. The third-order valence-electron chi connectivity index (χ3n) is 4.83. The summed E-state index contributed by atoms with van der Waals surface area (Å²) in [6.45, 7) is 5.85. The van der Waals surface area contributed by atoms with Gasteiger partial charge in [0.1, 0.15) is 0 Å². The molecule has 0 spiro atoms. The third kappa shape index (κ3) is 5.13. The SMILES string of the molecule is CC1CN(Cc2ccccc2)CCN1C(=O)CCCc1ccccn1. The second-order valence-corrected chi connectivity index (χ2v) is 6.83. The molecule has 1 saturated heterocycles. The Kier molecular flexibility index (Phi) is 6.18. The fourth-order valence-electron chi connectivity index (χ4n) is 3.50. The van der Waals surface area contributed by atoms with Crippen molar-refractivity contribution in [3.05, 3.63) is 66.0 Å². The predicted octanol–water partition coefficient (Wildman–Crippen LogP) is 3.14. The third-order valence-corrected chi connectivity index (χ3v) is 4.83. The van der Waals surface area contributed by atoms with E-state index in [4.69, 9.17) is 0 Å². The summed E-state index contributed by atoms with van der Waals surface area (Å²) in [5.74, 6) is 0.280. The molecule has 25 heavy (non-hydrogen) atoms. The van der Waals surface area contributed by atoms with Crippen molar-refractivity contribution in [2.45, 2.75) is 38.8 Å². The number of hydrogen-bond donors (Lipinski definition) is 0. The second-order valence-electron chi connectivity index (χ2n) is 6.83. The van der Waals surface area contributed by atoms with Crippen molar-refractivity contribution in [2.24, 2.45) is 0 Å². The highest BCUT2D eigenvalue weighted by atomic mass is 16.2. The Morgan fingerprint density at radius 1 is 1.12 bits per heavy atom. The fourth-order valence-corrected chi connectivity index (χ4v) is 3.50. The highest BCUT2D eigenvalue weighted by Crippen LogP contribution is 2.15. The molecule has 0 bridgehead atoms. The van der Waals surface area contributed by atoms with E-state index in [0.717, 1.165) is 44.7 Å². The summed E-state index contributed by atoms with van der Waals surface area (Å²) in [7, 11) is 0. The van der Waals surface area contributed by atoms with Crippen LogP contribution in [0.4, 0.5) is 0 Å². The van der Waals surface area contributed by atoms with Crippen LogP contribution >= 0.6 is 0 Å². The van der Waals surface area contributed by atoms with Crippen LogP contribution in [0.3, 0.4) is 0 Å². The lowest BCUT2D eigenvalue weighted by Gasteiger charge is -2.40. The van der Waals surface area contributed by atoms with Crippen molar-refractivity contribution in [3.8, 4) is 0 Å². The van der Waals surface area contributed by atoms with E-state index < -0.39 is 0 Å². The van der Waals surface area contributed by atoms with Gasteiger partial charge in [0.2, 0.25) is 5.91 Å². The minimum absolute atomic E-state index is 0.278. The van der Waals surface area contributed by atoms with Gasteiger partial charge in [0.05, 0.1) is 0 Å². The molecule has 1 aromatic heterocycles. The average molecular weight is 337 g/mol. The first-order valence-electron chi connectivity index (χ1n) is 9.18. The van der Waals surface area contributed by atoms with E-state index in [1.54, 1.807) is 0 Å². The van der Waals surface area contributed by atoms with Gasteiger partial charge in [-0.25, -0.2) is 0 Å². The molecular weight excluding hydrogens is 310 g/mol. The summed E-state index contributed by atoms with van der Waals surface area (Å²) >= 11 is 0. The van der Waals surface area contributed by atoms with Crippen molar-refractivity contribution >= 4 is 5.91 Å². The molecule has 2 heterocycles. The lowest BCUT2D eigenvalue weighted by molar-refractivity contribution is -0.135. The molecule has 4 nitrogen and oxygen atoms in total. The topological polar surface area (TPSA) is 36.4 Å². The Bertz CT molecular complexity index is 659. The minimum Gasteiger partial charge on any atom is -0.337 e. The zero-order valence-corrected chi connectivity index (χ0v) is 15.0. The lowest BCUT2D eigenvalue weighted by Crippen LogP contribution is -2.53. The maximum atomic E-state index is 12.6. The molecule has 1 unspecified atom stereocenters. The standard InChI is InChI=1S/C21H27N3O/c1-18-16-23(17-19-8-3-2-4-9-19)14-15-24(18)21(25)12-7-11-20-10-5-6-13-22-20/h2-6,8-10,13,18H,7,11-12,14-17H2,1H3.